The van der Waals surface area contributed by atoms with Crippen LogP contribution in [-0.4, -0.2) is 89.6 Å². The zero-order valence-corrected chi connectivity index (χ0v) is 23.0. The Bertz CT molecular complexity index is 1120. The lowest BCUT2D eigenvalue weighted by Gasteiger charge is -2.43. The zero-order chi connectivity index (χ0) is 26.7. The van der Waals surface area contributed by atoms with E-state index in [9.17, 15) is 9.59 Å². The molecule has 2 aliphatic rings. The van der Waals surface area contributed by atoms with Crippen LogP contribution in [0.15, 0.2) is 36.5 Å². The molecule has 0 radical (unpaired) electrons. The van der Waals surface area contributed by atoms with E-state index in [0.29, 0.717) is 73.9 Å². The minimum Gasteiger partial charge on any atom is -0.444 e. The number of ether oxygens (including phenoxy) is 1. The van der Waals surface area contributed by atoms with Gasteiger partial charge >= 0.3 is 6.09 Å². The number of carbonyl (C=O) groups excluding carboxylic acids is 2. The van der Waals surface area contributed by atoms with Crippen LogP contribution in [0.1, 0.15) is 32.4 Å². The summed E-state index contributed by atoms with van der Waals surface area (Å²) in [6, 6.07) is 9.18. The topological polar surface area (TPSA) is 95.2 Å². The highest BCUT2D eigenvalue weighted by Crippen LogP contribution is 2.34. The van der Waals surface area contributed by atoms with Crippen molar-refractivity contribution in [1.29, 1.82) is 0 Å². The van der Waals surface area contributed by atoms with Crippen LogP contribution < -0.4 is 10.6 Å². The van der Waals surface area contributed by atoms with E-state index in [2.05, 4.69) is 14.8 Å². The predicted molar refractivity (Wildman–Crippen MR) is 146 cm³/mol. The molecule has 1 atom stereocenters. The van der Waals surface area contributed by atoms with Crippen LogP contribution in [-0.2, 0) is 9.53 Å². The zero-order valence-electron chi connectivity index (χ0n) is 21.5. The molecule has 2 fully saturated rings. The van der Waals surface area contributed by atoms with Gasteiger partial charge in [0.2, 0.25) is 5.91 Å². The number of piperazine rings is 2. The lowest BCUT2D eigenvalue weighted by molar-refractivity contribution is -0.133. The second-order valence-corrected chi connectivity index (χ2v) is 11.3. The number of pyridine rings is 1. The summed E-state index contributed by atoms with van der Waals surface area (Å²) in [5, 5.41) is 1.12. The maximum absolute atomic E-state index is 13.3. The minimum absolute atomic E-state index is 0.0568. The molecular formula is C26H34Cl2N6O3. The number of hydrogen-bond donors (Lipinski definition) is 1. The number of nitrogens with zero attached hydrogens (tertiary/aromatic N) is 5. The van der Waals surface area contributed by atoms with E-state index >= 15 is 0 Å². The van der Waals surface area contributed by atoms with E-state index in [-0.39, 0.29) is 18.0 Å². The fraction of sp³-hybridized carbons (Fsp3) is 0.500. The van der Waals surface area contributed by atoms with E-state index in [1.165, 1.54) is 0 Å². The molecule has 37 heavy (non-hydrogen) atoms. The molecule has 2 N–H and O–H groups in total. The molecule has 1 unspecified atom stereocenters. The molecule has 1 aromatic heterocycles. The van der Waals surface area contributed by atoms with Crippen LogP contribution in [0.2, 0.25) is 10.0 Å². The minimum atomic E-state index is -0.529. The molecule has 11 heteroatoms. The van der Waals surface area contributed by atoms with Crippen LogP contribution in [0, 0.1) is 0 Å². The number of benzene rings is 1. The molecule has 2 amide bonds. The van der Waals surface area contributed by atoms with Crippen molar-refractivity contribution < 1.29 is 14.3 Å². The number of rotatable bonds is 4. The van der Waals surface area contributed by atoms with Crippen LogP contribution in [0.5, 0.6) is 0 Å². The Balaban J connectivity index is 1.41. The fourth-order valence-electron chi connectivity index (χ4n) is 4.63. The molecule has 1 aromatic carbocycles. The molecule has 0 bridgehead atoms. The van der Waals surface area contributed by atoms with E-state index in [4.69, 9.17) is 33.7 Å². The van der Waals surface area contributed by atoms with Crippen LogP contribution >= 0.6 is 23.2 Å². The normalized spacial score (nSPS) is 19.2. The van der Waals surface area contributed by atoms with Gasteiger partial charge in [0.1, 0.15) is 5.60 Å². The van der Waals surface area contributed by atoms with Gasteiger partial charge in [-0.1, -0.05) is 35.3 Å². The average molecular weight is 550 g/mol. The van der Waals surface area contributed by atoms with Crippen molar-refractivity contribution in [3.05, 3.63) is 52.1 Å². The quantitative estimate of drug-likeness (QED) is 0.618. The number of aromatic nitrogens is 1. The number of amides is 2. The third-order valence-corrected chi connectivity index (χ3v) is 6.96. The summed E-state index contributed by atoms with van der Waals surface area (Å²) in [4.78, 5) is 38.0. The molecule has 0 saturated carbocycles. The molecule has 2 aliphatic heterocycles. The largest absolute Gasteiger partial charge is 0.444 e. The Morgan fingerprint density at radius 3 is 2.27 bits per heavy atom. The maximum Gasteiger partial charge on any atom is 0.410 e. The Labute approximate surface area is 228 Å². The SMILES string of the molecule is CC(C)(C)OC(=O)N1CCN(CC(=O)N2CCN(c3ncc(Cl)cc3N)C(c3ccc(Cl)cc3)C2)CC1. The lowest BCUT2D eigenvalue weighted by atomic mass is 10.0. The molecule has 0 spiro atoms. The van der Waals surface area contributed by atoms with Gasteiger partial charge in [-0.25, -0.2) is 9.78 Å². The summed E-state index contributed by atoms with van der Waals surface area (Å²) in [7, 11) is 0. The molecule has 0 aliphatic carbocycles. The van der Waals surface area contributed by atoms with E-state index in [0.717, 1.165) is 5.56 Å². The number of nitrogens with two attached hydrogens (primary N) is 1. The lowest BCUT2D eigenvalue weighted by Crippen LogP contribution is -2.55. The van der Waals surface area contributed by atoms with Crippen molar-refractivity contribution in [2.24, 2.45) is 0 Å². The molecule has 2 aromatic rings. The summed E-state index contributed by atoms with van der Waals surface area (Å²) < 4.78 is 5.47. The smallest absolute Gasteiger partial charge is 0.410 e. The molecule has 2 saturated heterocycles. The standard InChI is InChI=1S/C26H34Cl2N6O3/c1-26(2,3)37-25(36)32-10-8-31(9-11-32)17-23(35)33-12-13-34(24-21(29)14-20(28)15-30-24)22(16-33)18-4-6-19(27)7-5-18/h4-7,14-15,22H,8-13,16-17,29H2,1-3H3. The first kappa shape index (κ1) is 27.3. The number of nitrogen functional groups attached to an aromatic ring is 1. The van der Waals surface area contributed by atoms with Gasteiger partial charge in [0, 0.05) is 57.0 Å². The van der Waals surface area contributed by atoms with Crippen molar-refractivity contribution >= 4 is 46.7 Å². The summed E-state index contributed by atoms with van der Waals surface area (Å²) in [6.07, 6.45) is 1.27. The van der Waals surface area contributed by atoms with Gasteiger partial charge in [-0.2, -0.15) is 0 Å². The number of carbonyl (C=O) groups is 2. The van der Waals surface area contributed by atoms with Crippen molar-refractivity contribution in [2.75, 3.05) is 63.0 Å². The third-order valence-electron chi connectivity index (χ3n) is 6.50. The highest BCUT2D eigenvalue weighted by Gasteiger charge is 2.34. The van der Waals surface area contributed by atoms with Crippen molar-refractivity contribution in [3.8, 4) is 0 Å². The van der Waals surface area contributed by atoms with Gasteiger partial charge in [-0.15, -0.1) is 0 Å². The Hall–Kier alpha value is -2.75. The number of hydrogen-bond acceptors (Lipinski definition) is 7. The third kappa shape index (κ3) is 6.97. The maximum atomic E-state index is 13.3. The first-order chi connectivity index (χ1) is 17.5. The van der Waals surface area contributed by atoms with Crippen molar-refractivity contribution in [1.82, 2.24) is 19.7 Å². The van der Waals surface area contributed by atoms with Gasteiger partial charge in [0.25, 0.3) is 0 Å². The number of anilines is 2. The van der Waals surface area contributed by atoms with Gasteiger partial charge < -0.3 is 25.2 Å². The summed E-state index contributed by atoms with van der Waals surface area (Å²) in [5.74, 6) is 0.705. The monoisotopic (exact) mass is 548 g/mol. The van der Waals surface area contributed by atoms with E-state index in [1.807, 2.05) is 49.9 Å². The highest BCUT2D eigenvalue weighted by atomic mass is 35.5. The Morgan fingerprint density at radius 2 is 1.65 bits per heavy atom. The highest BCUT2D eigenvalue weighted by molar-refractivity contribution is 6.31. The summed E-state index contributed by atoms with van der Waals surface area (Å²) >= 11 is 12.2. The second-order valence-electron chi connectivity index (χ2n) is 10.4. The average Bonchev–Trinajstić information content (AvgIpc) is 2.84. The fourth-order valence-corrected chi connectivity index (χ4v) is 4.92. The van der Waals surface area contributed by atoms with Crippen molar-refractivity contribution in [2.45, 2.75) is 32.4 Å². The Kier molecular flexibility index (Phi) is 8.36. The Morgan fingerprint density at radius 1 is 1.00 bits per heavy atom. The van der Waals surface area contributed by atoms with E-state index in [1.54, 1.807) is 17.2 Å². The van der Waals surface area contributed by atoms with Gasteiger partial charge in [-0.3, -0.25) is 9.69 Å². The van der Waals surface area contributed by atoms with Gasteiger partial charge in [-0.05, 0) is 44.5 Å². The molecule has 200 valence electrons. The van der Waals surface area contributed by atoms with Crippen molar-refractivity contribution in [3.63, 3.8) is 0 Å². The summed E-state index contributed by atoms with van der Waals surface area (Å²) in [5.41, 5.74) is 7.25. The van der Waals surface area contributed by atoms with Gasteiger partial charge in [0.15, 0.2) is 5.82 Å². The first-order valence-corrected chi connectivity index (χ1v) is 13.2. The van der Waals surface area contributed by atoms with Crippen LogP contribution in [0.25, 0.3) is 0 Å². The van der Waals surface area contributed by atoms with Gasteiger partial charge in [0.05, 0.1) is 23.3 Å². The second kappa shape index (κ2) is 11.3. The molecular weight excluding hydrogens is 515 g/mol. The molecule has 9 nitrogen and oxygen atoms in total. The summed E-state index contributed by atoms with van der Waals surface area (Å²) in [6.45, 7) is 9.79. The first-order valence-electron chi connectivity index (χ1n) is 12.4. The molecule has 4 rings (SSSR count). The molecule has 3 heterocycles. The van der Waals surface area contributed by atoms with Crippen LogP contribution in [0.4, 0.5) is 16.3 Å². The van der Waals surface area contributed by atoms with E-state index < -0.39 is 5.60 Å². The van der Waals surface area contributed by atoms with Crippen LogP contribution in [0.3, 0.4) is 0 Å². The predicted octanol–water partition coefficient (Wildman–Crippen LogP) is 3.91. The number of halogens is 2.